The van der Waals surface area contributed by atoms with Crippen LogP contribution in [0.25, 0.3) is 0 Å². The Balaban J connectivity index is 1.27. The number of hydrogen-bond donors (Lipinski definition) is 1. The molecule has 184 valence electrons. The van der Waals surface area contributed by atoms with Gasteiger partial charge in [0.05, 0.1) is 4.90 Å². The molecule has 6 nitrogen and oxygen atoms in total. The van der Waals surface area contributed by atoms with Crippen molar-refractivity contribution in [1.29, 1.82) is 0 Å². The fraction of sp³-hybridized carbons (Fsp3) is 0.296. The highest BCUT2D eigenvalue weighted by molar-refractivity contribution is 7.89. The van der Waals surface area contributed by atoms with Crippen LogP contribution in [0.4, 0.5) is 5.69 Å². The quantitative estimate of drug-likeness (QED) is 0.477. The number of carbonyl (C=O) groups is 1. The van der Waals surface area contributed by atoms with Crippen LogP contribution in [-0.2, 0) is 21.2 Å². The van der Waals surface area contributed by atoms with E-state index < -0.39 is 10.0 Å². The summed E-state index contributed by atoms with van der Waals surface area (Å²) in [6.07, 6.45) is 0.966. The molecular weight excluding hydrogens is 482 g/mol. The summed E-state index contributed by atoms with van der Waals surface area (Å²) in [6, 6.07) is 23.7. The first-order valence-electron chi connectivity index (χ1n) is 11.8. The zero-order chi connectivity index (χ0) is 24.8. The monoisotopic (exact) mass is 511 g/mol. The van der Waals surface area contributed by atoms with E-state index in [1.165, 1.54) is 0 Å². The van der Waals surface area contributed by atoms with E-state index in [4.69, 9.17) is 11.6 Å². The molecule has 35 heavy (non-hydrogen) atoms. The van der Waals surface area contributed by atoms with Gasteiger partial charge in [-0.05, 0) is 54.8 Å². The number of nitrogens with zero attached hydrogens (tertiary/aromatic N) is 2. The number of aryl methyl sites for hydroxylation is 1. The Morgan fingerprint density at radius 2 is 1.63 bits per heavy atom. The van der Waals surface area contributed by atoms with E-state index in [1.54, 1.807) is 24.3 Å². The number of amides is 1. The van der Waals surface area contributed by atoms with E-state index in [2.05, 4.69) is 9.62 Å². The summed E-state index contributed by atoms with van der Waals surface area (Å²) in [5.41, 5.74) is 2.91. The maximum absolute atomic E-state index is 12.8. The molecule has 0 bridgehead atoms. The summed E-state index contributed by atoms with van der Waals surface area (Å²) < 4.78 is 28.2. The molecular formula is C27H30ClN3O3S. The Labute approximate surface area is 212 Å². The number of piperazine rings is 1. The van der Waals surface area contributed by atoms with Gasteiger partial charge >= 0.3 is 0 Å². The molecule has 1 heterocycles. The molecule has 1 N–H and O–H groups in total. The predicted octanol–water partition coefficient (Wildman–Crippen LogP) is 4.66. The SMILES string of the molecule is C[C@H](NS(=O)(=O)c1ccc(CCC(=O)N2CCN(c3cccc(Cl)c3)CC2)cc1)c1ccccc1. The average molecular weight is 512 g/mol. The highest BCUT2D eigenvalue weighted by atomic mass is 35.5. The molecule has 0 aromatic heterocycles. The minimum atomic E-state index is -3.64. The van der Waals surface area contributed by atoms with E-state index in [1.807, 2.05) is 66.4 Å². The van der Waals surface area contributed by atoms with Crippen LogP contribution < -0.4 is 9.62 Å². The number of anilines is 1. The van der Waals surface area contributed by atoms with E-state index in [9.17, 15) is 13.2 Å². The Morgan fingerprint density at radius 1 is 0.943 bits per heavy atom. The third-order valence-corrected chi connectivity index (χ3v) is 8.09. The number of sulfonamides is 1. The number of nitrogens with one attached hydrogen (secondary N) is 1. The Bertz CT molecular complexity index is 1240. The summed E-state index contributed by atoms with van der Waals surface area (Å²) in [5.74, 6) is 0.116. The molecule has 0 saturated carbocycles. The van der Waals surface area contributed by atoms with Gasteiger partial charge in [0.1, 0.15) is 0 Å². The first-order chi connectivity index (χ1) is 16.8. The second kappa shape index (κ2) is 11.2. The summed E-state index contributed by atoms with van der Waals surface area (Å²) in [6.45, 7) is 4.71. The molecule has 0 radical (unpaired) electrons. The molecule has 4 rings (SSSR count). The highest BCUT2D eigenvalue weighted by Crippen LogP contribution is 2.21. The van der Waals surface area contributed by atoms with Crippen molar-refractivity contribution in [3.63, 3.8) is 0 Å². The molecule has 3 aromatic rings. The summed E-state index contributed by atoms with van der Waals surface area (Å²) in [5, 5.41) is 0.710. The normalized spacial score (nSPS) is 15.1. The van der Waals surface area contributed by atoms with Gasteiger partial charge < -0.3 is 9.80 Å². The van der Waals surface area contributed by atoms with E-state index in [0.29, 0.717) is 31.0 Å². The van der Waals surface area contributed by atoms with Crippen molar-refractivity contribution in [2.45, 2.75) is 30.7 Å². The summed E-state index contributed by atoms with van der Waals surface area (Å²) in [4.78, 5) is 17.1. The van der Waals surface area contributed by atoms with Gasteiger partial charge in [-0.15, -0.1) is 0 Å². The molecule has 1 aliphatic heterocycles. The second-order valence-electron chi connectivity index (χ2n) is 8.75. The molecule has 1 atom stereocenters. The van der Waals surface area contributed by atoms with Gasteiger partial charge in [-0.25, -0.2) is 13.1 Å². The lowest BCUT2D eigenvalue weighted by Crippen LogP contribution is -2.48. The number of halogens is 1. The minimum Gasteiger partial charge on any atom is -0.368 e. The van der Waals surface area contributed by atoms with E-state index in [0.717, 1.165) is 29.9 Å². The van der Waals surface area contributed by atoms with Gasteiger partial charge in [-0.3, -0.25) is 4.79 Å². The van der Waals surface area contributed by atoms with Crippen LogP contribution in [0.5, 0.6) is 0 Å². The van der Waals surface area contributed by atoms with E-state index >= 15 is 0 Å². The second-order valence-corrected chi connectivity index (χ2v) is 10.9. The number of carbonyl (C=O) groups excluding carboxylic acids is 1. The highest BCUT2D eigenvalue weighted by Gasteiger charge is 2.22. The minimum absolute atomic E-state index is 0.116. The predicted molar refractivity (Wildman–Crippen MR) is 140 cm³/mol. The maximum atomic E-state index is 12.8. The topological polar surface area (TPSA) is 69.7 Å². The Kier molecular flexibility index (Phi) is 8.11. The average Bonchev–Trinajstić information content (AvgIpc) is 2.88. The van der Waals surface area contributed by atoms with Crippen LogP contribution in [0.1, 0.15) is 30.5 Å². The third-order valence-electron chi connectivity index (χ3n) is 6.30. The van der Waals surface area contributed by atoms with Crippen molar-refractivity contribution in [2.75, 3.05) is 31.1 Å². The number of hydrogen-bond acceptors (Lipinski definition) is 4. The van der Waals surface area contributed by atoms with Gasteiger partial charge in [-0.2, -0.15) is 0 Å². The molecule has 0 unspecified atom stereocenters. The van der Waals surface area contributed by atoms with Gasteiger partial charge in [-0.1, -0.05) is 60.1 Å². The molecule has 3 aromatic carbocycles. The smallest absolute Gasteiger partial charge is 0.241 e. The number of benzene rings is 3. The maximum Gasteiger partial charge on any atom is 0.241 e. The van der Waals surface area contributed by atoms with Crippen molar-refractivity contribution in [2.24, 2.45) is 0 Å². The zero-order valence-electron chi connectivity index (χ0n) is 19.7. The van der Waals surface area contributed by atoms with Crippen LogP contribution in [0, 0.1) is 0 Å². The van der Waals surface area contributed by atoms with Gasteiger partial charge in [0.2, 0.25) is 15.9 Å². The van der Waals surface area contributed by atoms with Crippen LogP contribution in [0.15, 0.2) is 83.8 Å². The lowest BCUT2D eigenvalue weighted by molar-refractivity contribution is -0.131. The Morgan fingerprint density at radius 3 is 2.29 bits per heavy atom. The lowest BCUT2D eigenvalue weighted by atomic mass is 10.1. The largest absolute Gasteiger partial charge is 0.368 e. The molecule has 1 amide bonds. The van der Waals surface area contributed by atoms with Gasteiger partial charge in [0, 0.05) is 49.4 Å². The van der Waals surface area contributed by atoms with Crippen LogP contribution >= 0.6 is 11.6 Å². The van der Waals surface area contributed by atoms with Crippen LogP contribution in [0.3, 0.4) is 0 Å². The van der Waals surface area contributed by atoms with Crippen molar-refractivity contribution in [3.05, 3.63) is 95.0 Å². The zero-order valence-corrected chi connectivity index (χ0v) is 21.3. The summed E-state index contributed by atoms with van der Waals surface area (Å²) >= 11 is 6.10. The Hall–Kier alpha value is -2.87. The fourth-order valence-electron chi connectivity index (χ4n) is 4.24. The molecule has 0 spiro atoms. The van der Waals surface area contributed by atoms with Crippen molar-refractivity contribution >= 4 is 33.2 Å². The van der Waals surface area contributed by atoms with Crippen LogP contribution in [-0.4, -0.2) is 45.4 Å². The molecule has 1 fully saturated rings. The van der Waals surface area contributed by atoms with Crippen molar-refractivity contribution in [3.8, 4) is 0 Å². The standard InChI is InChI=1S/C27H30ClN3O3S/c1-21(23-6-3-2-4-7-23)29-35(33,34)26-13-10-22(11-14-26)12-15-27(32)31-18-16-30(17-19-31)25-9-5-8-24(28)20-25/h2-11,13-14,20-21,29H,12,15-19H2,1H3/t21-/m0/s1. The molecule has 0 aliphatic carbocycles. The first-order valence-corrected chi connectivity index (χ1v) is 13.6. The number of rotatable bonds is 8. The lowest BCUT2D eigenvalue weighted by Gasteiger charge is -2.36. The molecule has 8 heteroatoms. The van der Waals surface area contributed by atoms with Gasteiger partial charge in [0.15, 0.2) is 0 Å². The van der Waals surface area contributed by atoms with Crippen molar-refractivity contribution < 1.29 is 13.2 Å². The summed E-state index contributed by atoms with van der Waals surface area (Å²) in [7, 11) is -3.64. The molecule has 1 saturated heterocycles. The van der Waals surface area contributed by atoms with Crippen molar-refractivity contribution in [1.82, 2.24) is 9.62 Å². The van der Waals surface area contributed by atoms with E-state index in [-0.39, 0.29) is 16.8 Å². The van der Waals surface area contributed by atoms with Crippen LogP contribution in [0.2, 0.25) is 5.02 Å². The molecule has 1 aliphatic rings. The fourth-order valence-corrected chi connectivity index (χ4v) is 5.66. The first kappa shape index (κ1) is 25.2. The van der Waals surface area contributed by atoms with Gasteiger partial charge in [0.25, 0.3) is 0 Å². The third kappa shape index (κ3) is 6.63.